The van der Waals surface area contributed by atoms with E-state index in [1.54, 1.807) is 4.68 Å². The van der Waals surface area contributed by atoms with Crippen molar-refractivity contribution in [2.24, 2.45) is 18.9 Å². The lowest BCUT2D eigenvalue weighted by Gasteiger charge is -2.13. The molecular weight excluding hydrogens is 330 g/mol. The van der Waals surface area contributed by atoms with Crippen LogP contribution >= 0.6 is 0 Å². The molecular formula is C19H21N5O2. The zero-order chi connectivity index (χ0) is 18.3. The summed E-state index contributed by atoms with van der Waals surface area (Å²) in [6.07, 6.45) is 1.70. The number of H-pyrrole nitrogens is 1. The number of ketones is 1. The van der Waals surface area contributed by atoms with Gasteiger partial charge in [-0.25, -0.2) is 4.68 Å². The number of nitrogens with one attached hydrogen (secondary N) is 2. The Bertz CT molecular complexity index is 973. The van der Waals surface area contributed by atoms with E-state index in [2.05, 4.69) is 20.6 Å². The third-order valence-electron chi connectivity index (χ3n) is 5.28. The molecule has 26 heavy (non-hydrogen) atoms. The molecule has 7 nitrogen and oxygen atoms in total. The Hall–Kier alpha value is -2.96. The molecule has 1 saturated carbocycles. The van der Waals surface area contributed by atoms with Gasteiger partial charge in [-0.15, -0.1) is 0 Å². The van der Waals surface area contributed by atoms with Crippen molar-refractivity contribution >= 4 is 28.5 Å². The fourth-order valence-corrected chi connectivity index (χ4v) is 3.70. The van der Waals surface area contributed by atoms with Gasteiger partial charge in [-0.1, -0.05) is 37.3 Å². The van der Waals surface area contributed by atoms with Crippen molar-refractivity contribution < 1.29 is 9.59 Å². The third-order valence-corrected chi connectivity index (χ3v) is 5.28. The number of anilines is 1. The van der Waals surface area contributed by atoms with Gasteiger partial charge in [0.2, 0.25) is 5.91 Å². The minimum atomic E-state index is -0.107. The van der Waals surface area contributed by atoms with E-state index in [1.165, 1.54) is 0 Å². The molecule has 134 valence electrons. The molecule has 3 aromatic rings. The molecule has 0 saturated heterocycles. The largest absolute Gasteiger partial charge is 0.310 e. The normalized spacial score (nSPS) is 20.0. The van der Waals surface area contributed by atoms with Crippen molar-refractivity contribution in [3.8, 4) is 11.3 Å². The number of Topliss-reactive ketones (excluding diaryl/α,β-unsaturated/α-hetero) is 1. The van der Waals surface area contributed by atoms with Gasteiger partial charge in [-0.3, -0.25) is 14.7 Å². The highest BCUT2D eigenvalue weighted by molar-refractivity contribution is 6.05. The van der Waals surface area contributed by atoms with Gasteiger partial charge in [-0.05, 0) is 12.3 Å². The number of benzene rings is 1. The van der Waals surface area contributed by atoms with Gasteiger partial charge in [0, 0.05) is 31.4 Å². The number of aromatic amines is 1. The lowest BCUT2D eigenvalue weighted by atomic mass is 9.94. The van der Waals surface area contributed by atoms with Crippen LogP contribution in [0.1, 0.15) is 26.2 Å². The van der Waals surface area contributed by atoms with Crippen LogP contribution in [0.3, 0.4) is 0 Å². The Kier molecular flexibility index (Phi) is 4.06. The first-order chi connectivity index (χ1) is 12.5. The van der Waals surface area contributed by atoms with Crippen molar-refractivity contribution in [2.45, 2.75) is 26.2 Å². The van der Waals surface area contributed by atoms with Gasteiger partial charge < -0.3 is 5.32 Å². The van der Waals surface area contributed by atoms with Crippen molar-refractivity contribution in [3.63, 3.8) is 0 Å². The second-order valence-electron chi connectivity index (χ2n) is 6.94. The molecule has 1 amide bonds. The topological polar surface area (TPSA) is 92.7 Å². The SMILES string of the molecule is CC1C(=O)CCC1CC(=O)Nc1[nH]nc2c1c(-c1ccccc1)nn2C. The number of aryl methyl sites for hydroxylation is 1. The van der Waals surface area contributed by atoms with Crippen LogP contribution in [-0.2, 0) is 16.6 Å². The van der Waals surface area contributed by atoms with E-state index in [-0.39, 0.29) is 23.5 Å². The molecule has 1 aliphatic carbocycles. The van der Waals surface area contributed by atoms with E-state index < -0.39 is 0 Å². The number of nitrogens with zero attached hydrogens (tertiary/aromatic N) is 3. The quantitative estimate of drug-likeness (QED) is 0.756. The van der Waals surface area contributed by atoms with Crippen molar-refractivity contribution in [1.82, 2.24) is 20.0 Å². The summed E-state index contributed by atoms with van der Waals surface area (Å²) in [5.41, 5.74) is 2.42. The molecule has 0 aliphatic heterocycles. The minimum absolute atomic E-state index is 0.0409. The molecule has 2 atom stereocenters. The third kappa shape index (κ3) is 2.79. The van der Waals surface area contributed by atoms with Crippen molar-refractivity contribution in [1.29, 1.82) is 0 Å². The molecule has 2 aromatic heterocycles. The second-order valence-corrected chi connectivity index (χ2v) is 6.94. The van der Waals surface area contributed by atoms with E-state index in [0.717, 1.165) is 23.1 Å². The first kappa shape index (κ1) is 16.5. The van der Waals surface area contributed by atoms with Gasteiger partial charge in [0.1, 0.15) is 17.3 Å². The zero-order valence-electron chi connectivity index (χ0n) is 14.8. The molecule has 1 fully saturated rings. The fourth-order valence-electron chi connectivity index (χ4n) is 3.70. The summed E-state index contributed by atoms with van der Waals surface area (Å²) >= 11 is 0. The number of aromatic nitrogens is 4. The van der Waals surface area contributed by atoms with Gasteiger partial charge in [0.05, 0.1) is 5.39 Å². The van der Waals surface area contributed by atoms with Crippen LogP contribution in [0.4, 0.5) is 5.82 Å². The van der Waals surface area contributed by atoms with Crippen LogP contribution in [0.2, 0.25) is 0 Å². The average Bonchev–Trinajstić information content (AvgIpc) is 3.29. The summed E-state index contributed by atoms with van der Waals surface area (Å²) in [4.78, 5) is 24.2. The molecule has 7 heteroatoms. The molecule has 2 N–H and O–H groups in total. The van der Waals surface area contributed by atoms with E-state index in [1.807, 2.05) is 44.3 Å². The van der Waals surface area contributed by atoms with Crippen molar-refractivity contribution in [2.75, 3.05) is 5.32 Å². The molecule has 2 heterocycles. The summed E-state index contributed by atoms with van der Waals surface area (Å²) < 4.78 is 1.70. The van der Waals surface area contributed by atoms with Gasteiger partial charge >= 0.3 is 0 Å². The summed E-state index contributed by atoms with van der Waals surface area (Å²) in [5.74, 6) is 0.772. The van der Waals surface area contributed by atoms with Crippen LogP contribution in [0.15, 0.2) is 30.3 Å². The van der Waals surface area contributed by atoms with Crippen molar-refractivity contribution in [3.05, 3.63) is 30.3 Å². The number of hydrogen-bond acceptors (Lipinski definition) is 4. The average molecular weight is 351 g/mol. The molecule has 1 aromatic carbocycles. The summed E-state index contributed by atoms with van der Waals surface area (Å²) in [7, 11) is 1.83. The van der Waals surface area contributed by atoms with Crippen LogP contribution in [0, 0.1) is 11.8 Å². The van der Waals surface area contributed by atoms with E-state index in [4.69, 9.17) is 0 Å². The smallest absolute Gasteiger partial charge is 0.225 e. The first-order valence-electron chi connectivity index (χ1n) is 8.83. The number of rotatable bonds is 4. The number of carbonyl (C=O) groups is 2. The number of fused-ring (bicyclic) bond motifs is 1. The number of carbonyl (C=O) groups excluding carboxylic acids is 2. The van der Waals surface area contributed by atoms with Crippen LogP contribution in [0.5, 0.6) is 0 Å². The van der Waals surface area contributed by atoms with Crippen LogP contribution in [0.25, 0.3) is 22.3 Å². The minimum Gasteiger partial charge on any atom is -0.310 e. The maximum absolute atomic E-state index is 12.5. The maximum Gasteiger partial charge on any atom is 0.225 e. The van der Waals surface area contributed by atoms with E-state index in [9.17, 15) is 9.59 Å². The molecule has 2 unspecified atom stereocenters. The number of amides is 1. The van der Waals surface area contributed by atoms with Crippen LogP contribution < -0.4 is 5.32 Å². The monoisotopic (exact) mass is 351 g/mol. The Morgan fingerprint density at radius 3 is 2.81 bits per heavy atom. The standard InChI is InChI=1S/C19H21N5O2/c1-11-13(8-9-14(11)25)10-15(26)20-18-16-17(12-6-4-3-5-7-12)23-24(2)19(16)22-21-18/h3-7,11,13H,8-10H2,1-2H3,(H2,20,21,22,26). The highest BCUT2D eigenvalue weighted by atomic mass is 16.1. The predicted molar refractivity (Wildman–Crippen MR) is 98.4 cm³/mol. The molecule has 1 aliphatic rings. The molecule has 0 spiro atoms. The fraction of sp³-hybridized carbons (Fsp3) is 0.368. The Morgan fingerprint density at radius 2 is 2.12 bits per heavy atom. The highest BCUT2D eigenvalue weighted by Crippen LogP contribution is 2.33. The number of hydrogen-bond donors (Lipinski definition) is 2. The van der Waals surface area contributed by atoms with Gasteiger partial charge in [0.25, 0.3) is 0 Å². The molecule has 0 bridgehead atoms. The van der Waals surface area contributed by atoms with Crippen LogP contribution in [-0.4, -0.2) is 31.7 Å². The Balaban J connectivity index is 1.61. The van der Waals surface area contributed by atoms with Gasteiger partial charge in [-0.2, -0.15) is 10.2 Å². The predicted octanol–water partition coefficient (Wildman–Crippen LogP) is 2.91. The summed E-state index contributed by atoms with van der Waals surface area (Å²) in [5, 5.41) is 15.5. The lowest BCUT2D eigenvalue weighted by Crippen LogP contribution is -2.20. The Labute approximate surface area is 150 Å². The Morgan fingerprint density at radius 1 is 1.35 bits per heavy atom. The second kappa shape index (κ2) is 6.40. The van der Waals surface area contributed by atoms with E-state index >= 15 is 0 Å². The summed E-state index contributed by atoms with van der Waals surface area (Å²) in [6.45, 7) is 1.91. The highest BCUT2D eigenvalue weighted by Gasteiger charge is 2.32. The molecule has 0 radical (unpaired) electrons. The first-order valence-corrected chi connectivity index (χ1v) is 8.83. The van der Waals surface area contributed by atoms with E-state index in [0.29, 0.717) is 24.3 Å². The summed E-state index contributed by atoms with van der Waals surface area (Å²) in [6, 6.07) is 9.81. The lowest BCUT2D eigenvalue weighted by molar-refractivity contribution is -0.121. The molecule has 4 rings (SSSR count). The maximum atomic E-state index is 12.5. The van der Waals surface area contributed by atoms with Gasteiger partial charge in [0.15, 0.2) is 5.65 Å². The zero-order valence-corrected chi connectivity index (χ0v) is 14.8.